The van der Waals surface area contributed by atoms with E-state index in [1.807, 2.05) is 42.6 Å². The molecule has 1 saturated heterocycles. The van der Waals surface area contributed by atoms with Gasteiger partial charge in [0.15, 0.2) is 0 Å². The summed E-state index contributed by atoms with van der Waals surface area (Å²) in [6.45, 7) is 0.476. The van der Waals surface area contributed by atoms with Crippen LogP contribution in [0.5, 0.6) is 0 Å². The fourth-order valence-electron chi connectivity index (χ4n) is 3.52. The molecule has 0 N–H and O–H groups in total. The lowest BCUT2D eigenvalue weighted by molar-refractivity contribution is -0.146. The highest BCUT2D eigenvalue weighted by Crippen LogP contribution is 2.26. The van der Waals surface area contributed by atoms with Crippen molar-refractivity contribution in [1.29, 1.82) is 0 Å². The number of rotatable bonds is 6. The van der Waals surface area contributed by atoms with Crippen LogP contribution in [0.4, 0.5) is 0 Å². The van der Waals surface area contributed by atoms with Gasteiger partial charge in [-0.05, 0) is 30.3 Å². The molecule has 0 spiro atoms. The third kappa shape index (κ3) is 4.71. The zero-order valence-corrected chi connectivity index (χ0v) is 19.0. The van der Waals surface area contributed by atoms with Gasteiger partial charge in [0, 0.05) is 26.3 Å². The number of sulfonamides is 1. The minimum absolute atomic E-state index is 0.0228. The van der Waals surface area contributed by atoms with E-state index in [9.17, 15) is 13.2 Å². The van der Waals surface area contributed by atoms with E-state index in [2.05, 4.69) is 5.10 Å². The fraction of sp³-hybridized carbons (Fsp3) is 0.273. The van der Waals surface area contributed by atoms with Crippen molar-refractivity contribution in [3.05, 3.63) is 77.6 Å². The number of hydrogen-bond acceptors (Lipinski definition) is 5. The maximum atomic E-state index is 13.0. The first-order chi connectivity index (χ1) is 15.4. The predicted octanol–water partition coefficient (Wildman–Crippen LogP) is 2.57. The van der Waals surface area contributed by atoms with E-state index < -0.39 is 16.1 Å². The number of nitrogens with zero attached hydrogens (tertiary/aromatic N) is 4. The number of morpholine rings is 1. The normalized spacial score (nSPS) is 17.2. The highest BCUT2D eigenvalue weighted by atomic mass is 35.5. The molecule has 10 heteroatoms. The Morgan fingerprint density at radius 3 is 2.62 bits per heavy atom. The summed E-state index contributed by atoms with van der Waals surface area (Å²) in [4.78, 5) is 14.5. The van der Waals surface area contributed by atoms with E-state index in [0.717, 1.165) is 5.69 Å². The number of hydrogen-bond donors (Lipinski definition) is 0. The lowest BCUT2D eigenvalue weighted by Gasteiger charge is -2.33. The topological polar surface area (TPSA) is 84.7 Å². The average molecular weight is 475 g/mol. The van der Waals surface area contributed by atoms with Crippen molar-refractivity contribution in [3.63, 3.8) is 0 Å². The Morgan fingerprint density at radius 1 is 1.16 bits per heavy atom. The SMILES string of the molecule is CN(Cc1ccn(-c2ccccc2)n1)C(=O)C1CN(S(=O)(=O)c2ccccc2Cl)CCO1. The Kier molecular flexibility index (Phi) is 6.61. The molecule has 4 rings (SSSR count). The lowest BCUT2D eigenvalue weighted by atomic mass is 10.2. The highest BCUT2D eigenvalue weighted by molar-refractivity contribution is 7.89. The number of likely N-dealkylation sites (N-methyl/N-ethyl adjacent to an activating group) is 1. The summed E-state index contributed by atoms with van der Waals surface area (Å²) >= 11 is 6.09. The summed E-state index contributed by atoms with van der Waals surface area (Å²) in [6.07, 6.45) is 0.931. The Labute approximate surface area is 192 Å². The van der Waals surface area contributed by atoms with Gasteiger partial charge in [0.2, 0.25) is 10.0 Å². The van der Waals surface area contributed by atoms with Gasteiger partial charge in [-0.15, -0.1) is 0 Å². The average Bonchev–Trinajstić information content (AvgIpc) is 3.28. The van der Waals surface area contributed by atoms with Crippen LogP contribution in [-0.4, -0.2) is 66.2 Å². The van der Waals surface area contributed by atoms with E-state index in [4.69, 9.17) is 16.3 Å². The Bertz CT molecular complexity index is 1200. The molecule has 32 heavy (non-hydrogen) atoms. The minimum atomic E-state index is -3.84. The number of amides is 1. The van der Waals surface area contributed by atoms with Crippen LogP contribution in [0.15, 0.2) is 71.8 Å². The molecule has 0 aliphatic carbocycles. The van der Waals surface area contributed by atoms with Crippen LogP contribution in [0.3, 0.4) is 0 Å². The van der Waals surface area contributed by atoms with Gasteiger partial charge >= 0.3 is 0 Å². The van der Waals surface area contributed by atoms with Crippen molar-refractivity contribution in [1.82, 2.24) is 19.0 Å². The first-order valence-corrected chi connectivity index (χ1v) is 11.9. The monoisotopic (exact) mass is 474 g/mol. The second kappa shape index (κ2) is 9.41. The number of carbonyl (C=O) groups is 1. The quantitative estimate of drug-likeness (QED) is 0.548. The zero-order chi connectivity index (χ0) is 22.7. The second-order valence-corrected chi connectivity index (χ2v) is 9.75. The molecule has 8 nitrogen and oxygen atoms in total. The van der Waals surface area contributed by atoms with Gasteiger partial charge in [-0.3, -0.25) is 4.79 Å². The first-order valence-electron chi connectivity index (χ1n) is 10.1. The van der Waals surface area contributed by atoms with Crippen LogP contribution in [0.2, 0.25) is 5.02 Å². The molecule has 1 aromatic heterocycles. The van der Waals surface area contributed by atoms with Crippen LogP contribution in [0.1, 0.15) is 5.69 Å². The van der Waals surface area contributed by atoms with Crippen molar-refractivity contribution < 1.29 is 17.9 Å². The fourth-order valence-corrected chi connectivity index (χ4v) is 5.44. The van der Waals surface area contributed by atoms with Gasteiger partial charge in [0.1, 0.15) is 11.0 Å². The van der Waals surface area contributed by atoms with Gasteiger partial charge in [0.05, 0.1) is 29.6 Å². The summed E-state index contributed by atoms with van der Waals surface area (Å²) in [5.74, 6) is -0.307. The third-order valence-corrected chi connectivity index (χ3v) is 7.56. The molecule has 1 fully saturated rings. The maximum absolute atomic E-state index is 13.0. The van der Waals surface area contributed by atoms with Gasteiger partial charge in [-0.25, -0.2) is 13.1 Å². The van der Waals surface area contributed by atoms with Crippen molar-refractivity contribution in [2.24, 2.45) is 0 Å². The van der Waals surface area contributed by atoms with Gasteiger partial charge in [-0.1, -0.05) is 41.9 Å². The molecule has 1 atom stereocenters. The largest absolute Gasteiger partial charge is 0.366 e. The van der Waals surface area contributed by atoms with E-state index >= 15 is 0 Å². The third-order valence-electron chi connectivity index (χ3n) is 5.20. The molecule has 168 valence electrons. The number of carbonyl (C=O) groups excluding carboxylic acids is 1. The van der Waals surface area contributed by atoms with E-state index in [1.165, 1.54) is 21.3 Å². The standard InChI is InChI=1S/C22H23ClN4O4S/c1-25(15-17-11-12-27(24-17)18-7-3-2-4-8-18)22(28)20-16-26(13-14-31-20)32(29,30)21-10-6-5-9-19(21)23/h2-12,20H,13-16H2,1H3. The van der Waals surface area contributed by atoms with E-state index in [-0.39, 0.29) is 42.1 Å². The second-order valence-electron chi connectivity index (χ2n) is 7.43. The van der Waals surface area contributed by atoms with Crippen molar-refractivity contribution >= 4 is 27.5 Å². The molecule has 1 unspecified atom stereocenters. The summed E-state index contributed by atoms with van der Waals surface area (Å²) in [5.41, 5.74) is 1.63. The summed E-state index contributed by atoms with van der Waals surface area (Å²) < 4.78 is 34.6. The molecule has 1 aliphatic heterocycles. The number of benzene rings is 2. The van der Waals surface area contributed by atoms with E-state index in [0.29, 0.717) is 5.69 Å². The Balaban J connectivity index is 1.43. The molecule has 1 amide bonds. The summed E-state index contributed by atoms with van der Waals surface area (Å²) in [5, 5.41) is 4.66. The van der Waals surface area contributed by atoms with Crippen molar-refractivity contribution in [3.8, 4) is 5.69 Å². The molecule has 3 aromatic rings. The van der Waals surface area contributed by atoms with Crippen molar-refractivity contribution in [2.45, 2.75) is 17.5 Å². The van der Waals surface area contributed by atoms with Crippen LogP contribution >= 0.6 is 11.6 Å². The smallest absolute Gasteiger partial charge is 0.253 e. The van der Waals surface area contributed by atoms with E-state index in [1.54, 1.807) is 23.9 Å². The molecule has 2 aromatic carbocycles. The van der Waals surface area contributed by atoms with Gasteiger partial charge < -0.3 is 9.64 Å². The Morgan fingerprint density at radius 2 is 1.88 bits per heavy atom. The lowest BCUT2D eigenvalue weighted by Crippen LogP contribution is -2.51. The number of ether oxygens (including phenoxy) is 1. The molecule has 0 bridgehead atoms. The van der Waals surface area contributed by atoms with Crippen LogP contribution < -0.4 is 0 Å². The van der Waals surface area contributed by atoms with Crippen LogP contribution in [-0.2, 0) is 26.1 Å². The maximum Gasteiger partial charge on any atom is 0.253 e. The first kappa shape index (κ1) is 22.5. The summed E-state index contributed by atoms with van der Waals surface area (Å²) in [7, 11) is -2.19. The highest BCUT2D eigenvalue weighted by Gasteiger charge is 2.36. The zero-order valence-electron chi connectivity index (χ0n) is 17.5. The van der Waals surface area contributed by atoms with Crippen molar-refractivity contribution in [2.75, 3.05) is 26.7 Å². The molecular formula is C22H23ClN4O4S. The number of para-hydroxylation sites is 1. The number of aromatic nitrogens is 2. The Hall–Kier alpha value is -2.72. The van der Waals surface area contributed by atoms with Gasteiger partial charge in [-0.2, -0.15) is 9.40 Å². The minimum Gasteiger partial charge on any atom is -0.366 e. The van der Waals surface area contributed by atoms with Crippen LogP contribution in [0, 0.1) is 0 Å². The molecule has 2 heterocycles. The molecule has 0 radical (unpaired) electrons. The van der Waals surface area contributed by atoms with Gasteiger partial charge in [0.25, 0.3) is 5.91 Å². The molecular weight excluding hydrogens is 452 g/mol. The number of halogens is 1. The van der Waals surface area contributed by atoms with Crippen LogP contribution in [0.25, 0.3) is 5.69 Å². The summed E-state index contributed by atoms with van der Waals surface area (Å²) in [6, 6.07) is 17.8. The molecule has 0 saturated carbocycles. The molecule has 1 aliphatic rings. The predicted molar refractivity (Wildman–Crippen MR) is 120 cm³/mol.